The second kappa shape index (κ2) is 6.84. The molecule has 3 heterocycles. The molecule has 26 heavy (non-hydrogen) atoms. The largest absolute Gasteiger partial charge is 0.368 e. The number of nitrogens with two attached hydrogens (primary N) is 1. The quantitative estimate of drug-likeness (QED) is 0.781. The van der Waals surface area contributed by atoms with Crippen LogP contribution in [0.5, 0.6) is 0 Å². The molecular formula is C19H21FN6. The van der Waals surface area contributed by atoms with Crippen LogP contribution in [0.4, 0.5) is 10.3 Å². The van der Waals surface area contributed by atoms with Crippen LogP contribution in [0, 0.1) is 5.82 Å². The molecule has 1 fully saturated rings. The Kier molecular flexibility index (Phi) is 4.38. The number of nitrogens with zero attached hydrogens (tertiary/aromatic N) is 5. The Hall–Kier alpha value is -2.80. The lowest BCUT2D eigenvalue weighted by Gasteiger charge is -2.25. The molecule has 0 spiro atoms. The SMILES string of the molecule is Cn1cc(-c2cnc(N)nc2C2CCCN2Cc2ccc(F)cc2)cn1. The number of hydrogen-bond acceptors (Lipinski definition) is 5. The van der Waals surface area contributed by atoms with E-state index in [0.717, 1.165) is 48.3 Å². The van der Waals surface area contributed by atoms with Crippen LogP contribution in [0.2, 0.25) is 0 Å². The third-order valence-electron chi connectivity index (χ3n) is 4.83. The van der Waals surface area contributed by atoms with Gasteiger partial charge >= 0.3 is 0 Å². The van der Waals surface area contributed by atoms with E-state index >= 15 is 0 Å². The Morgan fingerprint density at radius 3 is 2.77 bits per heavy atom. The fraction of sp³-hybridized carbons (Fsp3) is 0.316. The zero-order valence-corrected chi connectivity index (χ0v) is 14.6. The van der Waals surface area contributed by atoms with Crippen molar-refractivity contribution in [1.29, 1.82) is 0 Å². The van der Waals surface area contributed by atoms with Crippen molar-refractivity contribution in [2.24, 2.45) is 7.05 Å². The molecule has 1 aromatic carbocycles. The molecule has 0 amide bonds. The number of hydrogen-bond donors (Lipinski definition) is 1. The maximum Gasteiger partial charge on any atom is 0.220 e. The van der Waals surface area contributed by atoms with Crippen molar-refractivity contribution in [3.63, 3.8) is 0 Å². The van der Waals surface area contributed by atoms with Crippen LogP contribution in [-0.2, 0) is 13.6 Å². The Balaban J connectivity index is 1.67. The molecule has 0 aliphatic carbocycles. The smallest absolute Gasteiger partial charge is 0.220 e. The monoisotopic (exact) mass is 352 g/mol. The normalized spacial score (nSPS) is 17.7. The summed E-state index contributed by atoms with van der Waals surface area (Å²) in [6.45, 7) is 1.72. The lowest BCUT2D eigenvalue weighted by Crippen LogP contribution is -2.24. The minimum Gasteiger partial charge on any atom is -0.368 e. The predicted octanol–water partition coefficient (Wildman–Crippen LogP) is 2.94. The van der Waals surface area contributed by atoms with Crippen molar-refractivity contribution in [2.45, 2.75) is 25.4 Å². The van der Waals surface area contributed by atoms with Gasteiger partial charge in [0, 0.05) is 37.1 Å². The first-order valence-electron chi connectivity index (χ1n) is 8.70. The molecule has 4 rings (SSSR count). The maximum atomic E-state index is 13.2. The highest BCUT2D eigenvalue weighted by Gasteiger charge is 2.30. The number of likely N-dealkylation sites (tertiary alicyclic amines) is 1. The number of anilines is 1. The summed E-state index contributed by atoms with van der Waals surface area (Å²) in [4.78, 5) is 11.1. The van der Waals surface area contributed by atoms with Gasteiger partial charge in [-0.2, -0.15) is 5.10 Å². The van der Waals surface area contributed by atoms with E-state index in [9.17, 15) is 4.39 Å². The van der Waals surface area contributed by atoms with E-state index in [1.807, 2.05) is 31.6 Å². The molecule has 0 radical (unpaired) electrons. The average Bonchev–Trinajstić information content (AvgIpc) is 3.26. The van der Waals surface area contributed by atoms with Gasteiger partial charge in [-0.1, -0.05) is 12.1 Å². The van der Waals surface area contributed by atoms with Gasteiger partial charge in [0.1, 0.15) is 5.82 Å². The summed E-state index contributed by atoms with van der Waals surface area (Å²) in [5.41, 5.74) is 9.86. The van der Waals surface area contributed by atoms with Crippen molar-refractivity contribution in [2.75, 3.05) is 12.3 Å². The molecule has 3 aromatic rings. The standard InChI is InChI=1S/C19H21FN6/c1-25-12-14(9-23-25)16-10-22-19(21)24-18(16)17-3-2-8-26(17)11-13-4-6-15(20)7-5-13/h4-7,9-10,12,17H,2-3,8,11H2,1H3,(H2,21,22,24). The maximum absolute atomic E-state index is 13.2. The van der Waals surface area contributed by atoms with Gasteiger partial charge in [0.15, 0.2) is 0 Å². The van der Waals surface area contributed by atoms with Gasteiger partial charge in [-0.05, 0) is 37.1 Å². The van der Waals surface area contributed by atoms with Crippen LogP contribution in [0.15, 0.2) is 42.9 Å². The van der Waals surface area contributed by atoms with E-state index in [2.05, 4.69) is 20.0 Å². The summed E-state index contributed by atoms with van der Waals surface area (Å²) in [7, 11) is 1.89. The van der Waals surface area contributed by atoms with Crippen molar-refractivity contribution in [1.82, 2.24) is 24.6 Å². The van der Waals surface area contributed by atoms with E-state index in [1.165, 1.54) is 12.1 Å². The number of benzene rings is 1. The molecule has 134 valence electrons. The third-order valence-corrected chi connectivity index (χ3v) is 4.83. The fourth-order valence-electron chi connectivity index (χ4n) is 3.60. The van der Waals surface area contributed by atoms with E-state index < -0.39 is 0 Å². The summed E-state index contributed by atoms with van der Waals surface area (Å²) >= 11 is 0. The lowest BCUT2D eigenvalue weighted by atomic mass is 10.0. The van der Waals surface area contributed by atoms with Crippen LogP contribution < -0.4 is 5.73 Å². The molecule has 0 bridgehead atoms. The van der Waals surface area contributed by atoms with Gasteiger partial charge in [-0.3, -0.25) is 9.58 Å². The number of aromatic nitrogens is 4. The minimum absolute atomic E-state index is 0.153. The Bertz CT molecular complexity index is 905. The van der Waals surface area contributed by atoms with Crippen LogP contribution in [0.3, 0.4) is 0 Å². The summed E-state index contributed by atoms with van der Waals surface area (Å²) in [6, 6.07) is 6.83. The Morgan fingerprint density at radius 1 is 1.23 bits per heavy atom. The van der Waals surface area contributed by atoms with Crippen LogP contribution in [0.1, 0.15) is 30.1 Å². The first-order valence-corrected chi connectivity index (χ1v) is 8.70. The van der Waals surface area contributed by atoms with Gasteiger partial charge in [-0.25, -0.2) is 14.4 Å². The van der Waals surface area contributed by atoms with Gasteiger partial charge < -0.3 is 5.73 Å². The second-order valence-electron chi connectivity index (χ2n) is 6.68. The lowest BCUT2D eigenvalue weighted by molar-refractivity contribution is 0.245. The number of rotatable bonds is 4. The molecular weight excluding hydrogens is 331 g/mol. The van der Waals surface area contributed by atoms with Gasteiger partial charge in [0.05, 0.1) is 17.9 Å². The molecule has 1 aliphatic heterocycles. The van der Waals surface area contributed by atoms with Crippen molar-refractivity contribution in [3.8, 4) is 11.1 Å². The highest BCUT2D eigenvalue weighted by molar-refractivity contribution is 5.64. The van der Waals surface area contributed by atoms with Crippen LogP contribution in [0.25, 0.3) is 11.1 Å². The van der Waals surface area contributed by atoms with Gasteiger partial charge in [-0.15, -0.1) is 0 Å². The van der Waals surface area contributed by atoms with E-state index in [4.69, 9.17) is 5.73 Å². The van der Waals surface area contributed by atoms with Crippen molar-refractivity contribution in [3.05, 3.63) is 59.9 Å². The van der Waals surface area contributed by atoms with Gasteiger partial charge in [0.2, 0.25) is 5.95 Å². The molecule has 7 heteroatoms. The third kappa shape index (κ3) is 3.30. The summed E-state index contributed by atoms with van der Waals surface area (Å²) in [6.07, 6.45) is 7.64. The van der Waals surface area contributed by atoms with Crippen LogP contribution in [-0.4, -0.2) is 31.2 Å². The topological polar surface area (TPSA) is 72.9 Å². The zero-order valence-electron chi connectivity index (χ0n) is 14.6. The molecule has 2 aromatic heterocycles. The van der Waals surface area contributed by atoms with E-state index in [-0.39, 0.29) is 17.8 Å². The molecule has 1 aliphatic rings. The average molecular weight is 352 g/mol. The molecule has 6 nitrogen and oxygen atoms in total. The van der Waals surface area contributed by atoms with Crippen molar-refractivity contribution < 1.29 is 4.39 Å². The number of nitrogen functional groups attached to an aromatic ring is 1. The highest BCUT2D eigenvalue weighted by atomic mass is 19.1. The first-order chi connectivity index (χ1) is 12.6. The van der Waals surface area contributed by atoms with Crippen LogP contribution >= 0.6 is 0 Å². The Labute approximate surface area is 151 Å². The predicted molar refractivity (Wildman–Crippen MR) is 97.4 cm³/mol. The Morgan fingerprint density at radius 2 is 2.04 bits per heavy atom. The fourth-order valence-corrected chi connectivity index (χ4v) is 3.60. The first kappa shape index (κ1) is 16.7. The minimum atomic E-state index is -0.214. The zero-order chi connectivity index (χ0) is 18.1. The summed E-state index contributed by atoms with van der Waals surface area (Å²) in [5.74, 6) is 0.0652. The summed E-state index contributed by atoms with van der Waals surface area (Å²) in [5, 5.41) is 4.26. The van der Waals surface area contributed by atoms with E-state index in [0.29, 0.717) is 0 Å². The van der Waals surface area contributed by atoms with Gasteiger partial charge in [0.25, 0.3) is 0 Å². The molecule has 1 atom stereocenters. The molecule has 0 saturated carbocycles. The van der Waals surface area contributed by atoms with E-state index in [1.54, 1.807) is 10.9 Å². The molecule has 1 saturated heterocycles. The van der Waals surface area contributed by atoms with Crippen molar-refractivity contribution >= 4 is 5.95 Å². The molecule has 2 N–H and O–H groups in total. The number of halogens is 1. The highest BCUT2D eigenvalue weighted by Crippen LogP contribution is 2.37. The number of aryl methyl sites for hydroxylation is 1. The summed E-state index contributed by atoms with van der Waals surface area (Å²) < 4.78 is 14.9. The molecule has 1 unspecified atom stereocenters. The second-order valence-corrected chi connectivity index (χ2v) is 6.68.